The smallest absolute Gasteiger partial charge is 0.119 e. The van der Waals surface area contributed by atoms with E-state index in [2.05, 4.69) is 11.2 Å². The minimum absolute atomic E-state index is 0.628. The summed E-state index contributed by atoms with van der Waals surface area (Å²) in [6.07, 6.45) is 2.71. The molecule has 0 aliphatic carbocycles. The molecule has 0 fully saturated rings. The third-order valence-corrected chi connectivity index (χ3v) is 2.77. The van der Waals surface area contributed by atoms with Crippen molar-refractivity contribution in [1.29, 1.82) is 0 Å². The van der Waals surface area contributed by atoms with Gasteiger partial charge in [-0.1, -0.05) is 12.1 Å². The fourth-order valence-electron chi connectivity index (χ4n) is 1.96. The quantitative estimate of drug-likeness (QED) is 0.869. The summed E-state index contributed by atoms with van der Waals surface area (Å²) >= 11 is 0. The van der Waals surface area contributed by atoms with E-state index in [1.807, 2.05) is 36.1 Å². The van der Waals surface area contributed by atoms with Crippen molar-refractivity contribution in [3.8, 4) is 17.0 Å². The fourth-order valence-corrected chi connectivity index (χ4v) is 1.96. The third-order valence-electron chi connectivity index (χ3n) is 2.77. The number of nitrogens with zero attached hydrogens (tertiary/aromatic N) is 2. The summed E-state index contributed by atoms with van der Waals surface area (Å²) in [5.74, 6) is 0.849. The highest BCUT2D eigenvalue weighted by molar-refractivity contribution is 5.65. The van der Waals surface area contributed by atoms with Crippen LogP contribution in [0, 0.1) is 0 Å². The highest BCUT2D eigenvalue weighted by Crippen LogP contribution is 2.26. The molecule has 2 aromatic rings. The zero-order valence-electron chi connectivity index (χ0n) is 10.2. The van der Waals surface area contributed by atoms with E-state index in [-0.39, 0.29) is 0 Å². The minimum atomic E-state index is 0.628. The molecule has 0 aliphatic heterocycles. The Morgan fingerprint density at radius 1 is 1.41 bits per heavy atom. The van der Waals surface area contributed by atoms with Crippen LogP contribution in [0.3, 0.4) is 0 Å². The normalized spacial score (nSPS) is 10.5. The topological polar surface area (TPSA) is 53.1 Å². The Bertz CT molecular complexity index is 505. The van der Waals surface area contributed by atoms with Crippen LogP contribution in [0.2, 0.25) is 0 Å². The van der Waals surface area contributed by atoms with Crippen LogP contribution >= 0.6 is 0 Å². The Hall–Kier alpha value is -1.81. The van der Waals surface area contributed by atoms with Crippen LogP contribution in [0.15, 0.2) is 30.5 Å². The molecule has 2 rings (SSSR count). The third kappa shape index (κ3) is 2.31. The van der Waals surface area contributed by atoms with Crippen LogP contribution in [-0.2, 0) is 13.5 Å². The fraction of sp³-hybridized carbons (Fsp3) is 0.308. The van der Waals surface area contributed by atoms with Gasteiger partial charge in [-0.2, -0.15) is 5.10 Å². The molecule has 0 saturated heterocycles. The monoisotopic (exact) mass is 231 g/mol. The maximum absolute atomic E-state index is 5.61. The van der Waals surface area contributed by atoms with E-state index in [9.17, 15) is 0 Å². The van der Waals surface area contributed by atoms with Crippen molar-refractivity contribution in [2.45, 2.75) is 6.42 Å². The summed E-state index contributed by atoms with van der Waals surface area (Å²) in [7, 11) is 3.61. The summed E-state index contributed by atoms with van der Waals surface area (Å²) in [6, 6.07) is 7.98. The van der Waals surface area contributed by atoms with Crippen molar-refractivity contribution < 1.29 is 4.74 Å². The second-order valence-corrected chi connectivity index (χ2v) is 3.91. The Kier molecular flexibility index (Phi) is 3.44. The van der Waals surface area contributed by atoms with Gasteiger partial charge in [-0.25, -0.2) is 0 Å². The van der Waals surface area contributed by atoms with Crippen LogP contribution in [0.4, 0.5) is 0 Å². The average molecular weight is 231 g/mol. The molecule has 1 heterocycles. The van der Waals surface area contributed by atoms with Gasteiger partial charge in [0.05, 0.1) is 19.0 Å². The van der Waals surface area contributed by atoms with Gasteiger partial charge in [-0.3, -0.25) is 4.68 Å². The molecule has 0 spiro atoms. The van der Waals surface area contributed by atoms with E-state index >= 15 is 0 Å². The van der Waals surface area contributed by atoms with Crippen molar-refractivity contribution in [2.75, 3.05) is 13.7 Å². The lowest BCUT2D eigenvalue weighted by Crippen LogP contribution is -2.04. The first-order valence-corrected chi connectivity index (χ1v) is 5.61. The van der Waals surface area contributed by atoms with Gasteiger partial charge in [0.2, 0.25) is 0 Å². The molecule has 0 bridgehead atoms. The first-order valence-electron chi connectivity index (χ1n) is 5.61. The lowest BCUT2D eigenvalue weighted by Gasteiger charge is -2.07. The molecule has 4 nitrogen and oxygen atoms in total. The summed E-state index contributed by atoms with van der Waals surface area (Å²) in [6.45, 7) is 0.628. The van der Waals surface area contributed by atoms with Gasteiger partial charge in [0.15, 0.2) is 0 Å². The highest BCUT2D eigenvalue weighted by Gasteiger charge is 2.10. The molecule has 4 heteroatoms. The number of nitrogens with two attached hydrogens (primary N) is 1. The summed E-state index contributed by atoms with van der Waals surface area (Å²) in [5, 5.41) is 4.29. The maximum Gasteiger partial charge on any atom is 0.119 e. The van der Waals surface area contributed by atoms with E-state index < -0.39 is 0 Å². The number of methoxy groups -OCH3 is 1. The predicted octanol–water partition coefficient (Wildman–Crippen LogP) is 1.60. The summed E-state index contributed by atoms with van der Waals surface area (Å²) in [4.78, 5) is 0. The van der Waals surface area contributed by atoms with Crippen molar-refractivity contribution in [1.82, 2.24) is 9.78 Å². The standard InChI is InChI=1S/C13H17N3O/c1-16-13(11(6-7-14)9-15-16)10-4-3-5-12(8-10)17-2/h3-5,8-9H,6-7,14H2,1-2H3. The second kappa shape index (κ2) is 5.01. The lowest BCUT2D eigenvalue weighted by atomic mass is 10.1. The number of rotatable bonds is 4. The molecule has 1 aromatic heterocycles. The zero-order valence-corrected chi connectivity index (χ0v) is 10.2. The first kappa shape index (κ1) is 11.7. The Morgan fingerprint density at radius 3 is 2.94 bits per heavy atom. The van der Waals surface area contributed by atoms with Gasteiger partial charge in [-0.15, -0.1) is 0 Å². The molecular weight excluding hydrogens is 214 g/mol. The summed E-state index contributed by atoms with van der Waals surface area (Å²) < 4.78 is 7.11. The lowest BCUT2D eigenvalue weighted by molar-refractivity contribution is 0.415. The largest absolute Gasteiger partial charge is 0.497 e. The van der Waals surface area contributed by atoms with Crippen LogP contribution < -0.4 is 10.5 Å². The highest BCUT2D eigenvalue weighted by atomic mass is 16.5. The average Bonchev–Trinajstić information content (AvgIpc) is 2.71. The second-order valence-electron chi connectivity index (χ2n) is 3.91. The number of aryl methyl sites for hydroxylation is 1. The molecule has 17 heavy (non-hydrogen) atoms. The van der Waals surface area contributed by atoms with Gasteiger partial charge in [0.1, 0.15) is 5.75 Å². The van der Waals surface area contributed by atoms with Gasteiger partial charge in [0, 0.05) is 12.6 Å². The van der Waals surface area contributed by atoms with Crippen LogP contribution in [0.5, 0.6) is 5.75 Å². The predicted molar refractivity (Wildman–Crippen MR) is 68.0 cm³/mol. The van der Waals surface area contributed by atoms with Crippen molar-refractivity contribution in [3.63, 3.8) is 0 Å². The molecule has 0 radical (unpaired) electrons. The van der Waals surface area contributed by atoms with Crippen molar-refractivity contribution in [2.24, 2.45) is 12.8 Å². The van der Waals surface area contributed by atoms with E-state index in [0.717, 1.165) is 23.4 Å². The van der Waals surface area contributed by atoms with E-state index in [4.69, 9.17) is 10.5 Å². The maximum atomic E-state index is 5.61. The Balaban J connectivity index is 2.47. The molecule has 90 valence electrons. The number of benzene rings is 1. The van der Waals surface area contributed by atoms with Crippen LogP contribution in [-0.4, -0.2) is 23.4 Å². The molecule has 0 aliphatic rings. The molecule has 0 atom stereocenters. The number of aromatic nitrogens is 2. The van der Waals surface area contributed by atoms with Crippen molar-refractivity contribution in [3.05, 3.63) is 36.0 Å². The number of ether oxygens (including phenoxy) is 1. The van der Waals surface area contributed by atoms with Gasteiger partial charge < -0.3 is 10.5 Å². The molecular formula is C13H17N3O. The van der Waals surface area contributed by atoms with E-state index in [0.29, 0.717) is 6.54 Å². The molecule has 1 aromatic carbocycles. The summed E-state index contributed by atoms with van der Waals surface area (Å²) in [5.41, 5.74) is 8.99. The molecule has 0 unspecified atom stereocenters. The SMILES string of the molecule is COc1cccc(-c2c(CCN)cnn2C)c1. The zero-order chi connectivity index (χ0) is 12.3. The number of hydrogen-bond donors (Lipinski definition) is 1. The van der Waals surface area contributed by atoms with Crippen molar-refractivity contribution >= 4 is 0 Å². The van der Waals surface area contributed by atoms with Gasteiger partial charge >= 0.3 is 0 Å². The first-order chi connectivity index (χ1) is 8.26. The minimum Gasteiger partial charge on any atom is -0.497 e. The molecule has 0 amide bonds. The van der Waals surface area contributed by atoms with E-state index in [1.165, 1.54) is 5.56 Å². The van der Waals surface area contributed by atoms with Gasteiger partial charge in [-0.05, 0) is 30.7 Å². The van der Waals surface area contributed by atoms with Gasteiger partial charge in [0.25, 0.3) is 0 Å². The number of hydrogen-bond acceptors (Lipinski definition) is 3. The Morgan fingerprint density at radius 2 is 2.24 bits per heavy atom. The van der Waals surface area contributed by atoms with E-state index in [1.54, 1.807) is 7.11 Å². The molecule has 0 saturated carbocycles. The van der Waals surface area contributed by atoms with Crippen LogP contribution in [0.1, 0.15) is 5.56 Å². The Labute approximate surface area is 101 Å². The molecule has 2 N–H and O–H groups in total. The van der Waals surface area contributed by atoms with Crippen LogP contribution in [0.25, 0.3) is 11.3 Å².